The van der Waals surface area contributed by atoms with E-state index >= 15 is 0 Å². The molecular formula is C12H14N4OS. The summed E-state index contributed by atoms with van der Waals surface area (Å²) in [5.74, 6) is 1.03. The van der Waals surface area contributed by atoms with Crippen molar-refractivity contribution in [3.05, 3.63) is 17.3 Å². The third kappa shape index (κ3) is 1.73. The molecule has 0 aliphatic carbocycles. The molecule has 0 atom stereocenters. The fourth-order valence-corrected chi connectivity index (χ4v) is 3.07. The third-order valence-corrected chi connectivity index (χ3v) is 4.09. The number of hydrogen-bond donors (Lipinski definition) is 0. The van der Waals surface area contributed by atoms with Gasteiger partial charge >= 0.3 is 0 Å². The van der Waals surface area contributed by atoms with Crippen LogP contribution in [0.2, 0.25) is 0 Å². The number of amides is 1. The summed E-state index contributed by atoms with van der Waals surface area (Å²) in [6.45, 7) is 5.83. The van der Waals surface area contributed by atoms with E-state index in [1.54, 1.807) is 17.7 Å². The molecule has 94 valence electrons. The Balaban J connectivity index is 2.02. The lowest BCUT2D eigenvalue weighted by atomic mass is 10.3. The maximum Gasteiger partial charge on any atom is 0.243 e. The van der Waals surface area contributed by atoms with Crippen molar-refractivity contribution in [1.29, 1.82) is 0 Å². The molecule has 2 aromatic heterocycles. The zero-order valence-corrected chi connectivity index (χ0v) is 11.2. The van der Waals surface area contributed by atoms with Crippen LogP contribution in [0.4, 0.5) is 5.82 Å². The van der Waals surface area contributed by atoms with Crippen LogP contribution in [0.15, 0.2) is 12.4 Å². The van der Waals surface area contributed by atoms with Crippen molar-refractivity contribution in [2.75, 3.05) is 24.7 Å². The van der Waals surface area contributed by atoms with Gasteiger partial charge in [-0.1, -0.05) is 0 Å². The number of fused-ring (bicyclic) bond motifs is 1. The Morgan fingerprint density at radius 2 is 2.28 bits per heavy atom. The molecule has 0 N–H and O–H groups in total. The highest BCUT2D eigenvalue weighted by molar-refractivity contribution is 7.18. The summed E-state index contributed by atoms with van der Waals surface area (Å²) in [6, 6.07) is 2.09. The van der Waals surface area contributed by atoms with Gasteiger partial charge in [0.05, 0.1) is 12.1 Å². The van der Waals surface area contributed by atoms with Crippen LogP contribution in [0.1, 0.15) is 11.8 Å². The van der Waals surface area contributed by atoms with Crippen molar-refractivity contribution in [3.63, 3.8) is 0 Å². The van der Waals surface area contributed by atoms with Crippen LogP contribution in [-0.4, -0.2) is 40.5 Å². The molecule has 0 unspecified atom stereocenters. The lowest BCUT2D eigenvalue weighted by Gasteiger charge is -2.17. The van der Waals surface area contributed by atoms with Crippen LogP contribution in [0.5, 0.6) is 0 Å². The van der Waals surface area contributed by atoms with E-state index in [1.807, 2.05) is 16.7 Å². The Bertz CT molecular complexity index is 609. The Morgan fingerprint density at radius 1 is 1.44 bits per heavy atom. The van der Waals surface area contributed by atoms with Crippen LogP contribution < -0.4 is 4.90 Å². The van der Waals surface area contributed by atoms with Crippen molar-refractivity contribution >= 4 is 33.3 Å². The van der Waals surface area contributed by atoms with Gasteiger partial charge in [-0.05, 0) is 19.9 Å². The van der Waals surface area contributed by atoms with E-state index in [-0.39, 0.29) is 5.91 Å². The number of aromatic nitrogens is 2. The van der Waals surface area contributed by atoms with Crippen LogP contribution in [0.25, 0.3) is 10.2 Å². The van der Waals surface area contributed by atoms with Gasteiger partial charge in [-0.3, -0.25) is 4.79 Å². The van der Waals surface area contributed by atoms with Crippen LogP contribution in [0.3, 0.4) is 0 Å². The first kappa shape index (κ1) is 11.4. The number of carbonyl (C=O) groups excluding carboxylic acids is 1. The Labute approximate surface area is 109 Å². The summed E-state index contributed by atoms with van der Waals surface area (Å²) in [4.78, 5) is 26.4. The largest absolute Gasteiger partial charge is 0.329 e. The normalized spacial score (nSPS) is 16.0. The lowest BCUT2D eigenvalue weighted by molar-refractivity contribution is -0.126. The molecule has 6 heteroatoms. The van der Waals surface area contributed by atoms with Crippen molar-refractivity contribution in [3.8, 4) is 0 Å². The standard InChI is InChI=1S/C12H14N4OS/c1-3-15-7-16(5-10(15)17)11-9-4-8(2)18-12(9)14-6-13-11/h4,6H,3,5,7H2,1-2H3. The van der Waals surface area contributed by atoms with E-state index in [1.165, 1.54) is 4.88 Å². The molecule has 1 fully saturated rings. The van der Waals surface area contributed by atoms with E-state index < -0.39 is 0 Å². The molecule has 0 radical (unpaired) electrons. The number of thiophene rings is 1. The van der Waals surface area contributed by atoms with Gasteiger partial charge in [0.15, 0.2) is 0 Å². The van der Waals surface area contributed by atoms with Gasteiger partial charge in [0.2, 0.25) is 5.91 Å². The van der Waals surface area contributed by atoms with Crippen molar-refractivity contribution < 1.29 is 4.79 Å². The zero-order chi connectivity index (χ0) is 12.7. The highest BCUT2D eigenvalue weighted by Crippen LogP contribution is 2.30. The molecule has 18 heavy (non-hydrogen) atoms. The molecule has 5 nitrogen and oxygen atoms in total. The van der Waals surface area contributed by atoms with Crippen molar-refractivity contribution in [1.82, 2.24) is 14.9 Å². The lowest BCUT2D eigenvalue weighted by Crippen LogP contribution is -2.27. The molecule has 0 aromatic carbocycles. The maximum atomic E-state index is 11.8. The minimum absolute atomic E-state index is 0.163. The van der Waals surface area contributed by atoms with E-state index in [2.05, 4.69) is 23.0 Å². The van der Waals surface area contributed by atoms with Gasteiger partial charge in [0.25, 0.3) is 0 Å². The molecule has 1 aliphatic heterocycles. The smallest absolute Gasteiger partial charge is 0.243 e. The summed E-state index contributed by atoms with van der Waals surface area (Å²) in [5, 5.41) is 1.05. The number of hydrogen-bond acceptors (Lipinski definition) is 5. The highest BCUT2D eigenvalue weighted by Gasteiger charge is 2.28. The fraction of sp³-hybridized carbons (Fsp3) is 0.417. The van der Waals surface area contributed by atoms with Gasteiger partial charge in [-0.25, -0.2) is 9.97 Å². The second-order valence-electron chi connectivity index (χ2n) is 4.36. The van der Waals surface area contributed by atoms with Crippen molar-refractivity contribution in [2.45, 2.75) is 13.8 Å². The summed E-state index contributed by atoms with van der Waals surface area (Å²) < 4.78 is 0. The molecule has 0 saturated carbocycles. The first-order chi connectivity index (χ1) is 8.69. The molecular weight excluding hydrogens is 248 g/mol. The number of likely N-dealkylation sites (N-methyl/N-ethyl adjacent to an activating group) is 1. The Hall–Kier alpha value is -1.69. The molecule has 1 saturated heterocycles. The summed E-state index contributed by atoms with van der Waals surface area (Å²) in [6.07, 6.45) is 1.58. The topological polar surface area (TPSA) is 49.3 Å². The van der Waals surface area contributed by atoms with Gasteiger partial charge in [0, 0.05) is 11.4 Å². The first-order valence-electron chi connectivity index (χ1n) is 5.93. The number of anilines is 1. The molecule has 1 aliphatic rings. The first-order valence-corrected chi connectivity index (χ1v) is 6.74. The molecule has 3 rings (SSSR count). The molecule has 0 spiro atoms. The quantitative estimate of drug-likeness (QED) is 0.825. The SMILES string of the molecule is CCN1CN(c2ncnc3sc(C)cc23)CC1=O. The fourth-order valence-electron chi connectivity index (χ4n) is 2.23. The van der Waals surface area contributed by atoms with Gasteiger partial charge in [-0.2, -0.15) is 0 Å². The minimum Gasteiger partial charge on any atom is -0.329 e. The van der Waals surface area contributed by atoms with Crippen LogP contribution in [-0.2, 0) is 4.79 Å². The van der Waals surface area contributed by atoms with E-state index in [0.29, 0.717) is 13.2 Å². The Kier molecular flexibility index (Phi) is 2.66. The van der Waals surface area contributed by atoms with Gasteiger partial charge < -0.3 is 9.80 Å². The molecule has 2 aromatic rings. The average Bonchev–Trinajstić information content (AvgIpc) is 2.90. The van der Waals surface area contributed by atoms with Crippen LogP contribution >= 0.6 is 11.3 Å². The van der Waals surface area contributed by atoms with E-state index in [0.717, 1.165) is 22.6 Å². The number of carbonyl (C=O) groups is 1. The average molecular weight is 262 g/mol. The minimum atomic E-state index is 0.163. The molecule has 1 amide bonds. The van der Waals surface area contributed by atoms with E-state index in [4.69, 9.17) is 0 Å². The number of nitrogens with zero attached hydrogens (tertiary/aromatic N) is 4. The number of rotatable bonds is 2. The summed E-state index contributed by atoms with van der Waals surface area (Å²) >= 11 is 1.66. The highest BCUT2D eigenvalue weighted by atomic mass is 32.1. The number of aryl methyl sites for hydroxylation is 1. The maximum absolute atomic E-state index is 11.8. The summed E-state index contributed by atoms with van der Waals surface area (Å²) in [7, 11) is 0. The monoisotopic (exact) mass is 262 g/mol. The predicted molar refractivity (Wildman–Crippen MR) is 71.8 cm³/mol. The van der Waals surface area contributed by atoms with Crippen LogP contribution in [0, 0.1) is 6.92 Å². The summed E-state index contributed by atoms with van der Waals surface area (Å²) in [5.41, 5.74) is 0. The second kappa shape index (κ2) is 4.20. The Morgan fingerprint density at radius 3 is 3.00 bits per heavy atom. The second-order valence-corrected chi connectivity index (χ2v) is 5.60. The van der Waals surface area contributed by atoms with Gasteiger partial charge in [-0.15, -0.1) is 11.3 Å². The molecule has 0 bridgehead atoms. The van der Waals surface area contributed by atoms with Crippen molar-refractivity contribution in [2.24, 2.45) is 0 Å². The molecule has 3 heterocycles. The zero-order valence-electron chi connectivity index (χ0n) is 10.4. The van der Waals surface area contributed by atoms with Gasteiger partial charge in [0.1, 0.15) is 23.5 Å². The third-order valence-electron chi connectivity index (χ3n) is 3.13. The van der Waals surface area contributed by atoms with E-state index in [9.17, 15) is 4.79 Å². The predicted octanol–water partition coefficient (Wildman–Crippen LogP) is 1.63.